The number of hydrogen-bond acceptors (Lipinski definition) is 4. The summed E-state index contributed by atoms with van der Waals surface area (Å²) in [6, 6.07) is 18.5. The van der Waals surface area contributed by atoms with E-state index in [-0.39, 0.29) is 0 Å². The molecule has 5 heteroatoms. The van der Waals surface area contributed by atoms with Crippen molar-refractivity contribution < 1.29 is 0 Å². The van der Waals surface area contributed by atoms with Crippen molar-refractivity contribution in [3.8, 4) is 0 Å². The number of hydrogen-bond donors (Lipinski definition) is 1. The van der Waals surface area contributed by atoms with Gasteiger partial charge < -0.3 is 4.90 Å². The summed E-state index contributed by atoms with van der Waals surface area (Å²) in [7, 11) is 0. The van der Waals surface area contributed by atoms with Gasteiger partial charge in [0.15, 0.2) is 0 Å². The van der Waals surface area contributed by atoms with Gasteiger partial charge in [-0.2, -0.15) is 5.10 Å². The molecular weight excluding hydrogens is 352 g/mol. The maximum atomic E-state index is 4.51. The first-order chi connectivity index (χ1) is 11.2. The first kappa shape index (κ1) is 15.7. The summed E-state index contributed by atoms with van der Waals surface area (Å²) in [5.74, 6) is 0.838. The highest BCUT2D eigenvalue weighted by Gasteiger charge is 2.16. The second-order valence-electron chi connectivity index (χ2n) is 5.43. The highest BCUT2D eigenvalue weighted by Crippen LogP contribution is 2.11. The second-order valence-corrected chi connectivity index (χ2v) is 6.34. The molecule has 0 aliphatic carbocycles. The molecule has 118 valence electrons. The minimum Gasteiger partial charge on any atom is -0.335 e. The number of guanidine groups is 1. The van der Waals surface area contributed by atoms with E-state index in [9.17, 15) is 0 Å². The highest BCUT2D eigenvalue weighted by atomic mass is 79.9. The predicted octanol–water partition coefficient (Wildman–Crippen LogP) is 3.63. The largest absolute Gasteiger partial charge is 0.335 e. The zero-order valence-corrected chi connectivity index (χ0v) is 14.6. The molecule has 0 aromatic heterocycles. The van der Waals surface area contributed by atoms with Gasteiger partial charge in [-0.25, -0.2) is 10.4 Å². The monoisotopic (exact) mass is 370 g/mol. The summed E-state index contributed by atoms with van der Waals surface area (Å²) < 4.78 is 1.07. The van der Waals surface area contributed by atoms with Crippen molar-refractivity contribution in [2.75, 3.05) is 13.1 Å². The highest BCUT2D eigenvalue weighted by molar-refractivity contribution is 9.10. The zero-order valence-electron chi connectivity index (χ0n) is 13.0. The molecule has 0 fully saturated rings. The molecule has 2 aromatic carbocycles. The molecule has 0 atom stereocenters. The Kier molecular flexibility index (Phi) is 5.08. The Labute approximate surface area is 145 Å². The maximum absolute atomic E-state index is 4.51. The third-order valence-corrected chi connectivity index (χ3v) is 4.26. The number of nitrogens with zero attached hydrogens (tertiary/aromatic N) is 3. The molecule has 4 nitrogen and oxygen atoms in total. The standard InChI is InChI=1S/C18H19BrN4/c1-14(16-7-9-17(19)10-8-16)21-22-18-20-11-12-23(18)13-15-5-3-2-4-6-15/h2-10H,11-13H2,1H3,(H,20,22). The van der Waals surface area contributed by atoms with E-state index in [1.165, 1.54) is 5.56 Å². The van der Waals surface area contributed by atoms with Crippen molar-refractivity contribution in [3.05, 3.63) is 70.2 Å². The van der Waals surface area contributed by atoms with Crippen molar-refractivity contribution in [2.24, 2.45) is 10.1 Å². The van der Waals surface area contributed by atoms with Crippen LogP contribution < -0.4 is 5.43 Å². The Bertz CT molecular complexity index is 708. The summed E-state index contributed by atoms with van der Waals surface area (Å²) in [4.78, 5) is 6.73. The van der Waals surface area contributed by atoms with Gasteiger partial charge in [0.05, 0.1) is 12.3 Å². The van der Waals surface area contributed by atoms with Crippen LogP contribution in [0, 0.1) is 0 Å². The number of benzene rings is 2. The maximum Gasteiger partial charge on any atom is 0.215 e. The van der Waals surface area contributed by atoms with Gasteiger partial charge in [-0.1, -0.05) is 58.4 Å². The molecule has 0 unspecified atom stereocenters. The minimum absolute atomic E-state index is 0.808. The smallest absolute Gasteiger partial charge is 0.215 e. The van der Waals surface area contributed by atoms with Crippen molar-refractivity contribution in [2.45, 2.75) is 13.5 Å². The molecule has 3 rings (SSSR count). The molecule has 1 aliphatic heterocycles. The summed E-state index contributed by atoms with van der Waals surface area (Å²) in [6.45, 7) is 4.57. The minimum atomic E-state index is 0.808. The Morgan fingerprint density at radius 1 is 1.17 bits per heavy atom. The zero-order chi connectivity index (χ0) is 16.1. The van der Waals surface area contributed by atoms with Gasteiger partial charge in [0.25, 0.3) is 0 Å². The van der Waals surface area contributed by atoms with E-state index in [1.54, 1.807) is 0 Å². The van der Waals surface area contributed by atoms with Crippen LogP contribution in [0.3, 0.4) is 0 Å². The molecule has 1 N–H and O–H groups in total. The molecule has 0 spiro atoms. The summed E-state index contributed by atoms with van der Waals surface area (Å²) >= 11 is 3.45. The van der Waals surface area contributed by atoms with Gasteiger partial charge in [0, 0.05) is 17.6 Å². The molecule has 0 saturated carbocycles. The number of aliphatic imine (C=N–C) groups is 1. The SMILES string of the molecule is CC(=NNC1=NCCN1Cc1ccccc1)c1ccc(Br)cc1. The second kappa shape index (κ2) is 7.42. The molecule has 23 heavy (non-hydrogen) atoms. The van der Waals surface area contributed by atoms with E-state index in [1.807, 2.05) is 37.3 Å². The molecule has 1 heterocycles. The van der Waals surface area contributed by atoms with Crippen LogP contribution in [0.15, 0.2) is 69.2 Å². The third kappa shape index (κ3) is 4.20. The average molecular weight is 371 g/mol. The summed E-state index contributed by atoms with van der Waals surface area (Å²) in [5.41, 5.74) is 6.42. The van der Waals surface area contributed by atoms with E-state index in [4.69, 9.17) is 0 Å². The first-order valence-corrected chi connectivity index (χ1v) is 8.41. The lowest BCUT2D eigenvalue weighted by Gasteiger charge is -2.19. The van der Waals surface area contributed by atoms with Crippen molar-refractivity contribution in [1.29, 1.82) is 0 Å². The fourth-order valence-electron chi connectivity index (χ4n) is 2.44. The average Bonchev–Trinajstić information content (AvgIpc) is 3.01. The predicted molar refractivity (Wildman–Crippen MR) is 98.6 cm³/mol. The Morgan fingerprint density at radius 2 is 1.91 bits per heavy atom. The van der Waals surface area contributed by atoms with E-state index in [2.05, 4.69) is 60.6 Å². The molecular formula is C18H19BrN4. The van der Waals surface area contributed by atoms with Gasteiger partial charge >= 0.3 is 0 Å². The third-order valence-electron chi connectivity index (χ3n) is 3.73. The first-order valence-electron chi connectivity index (χ1n) is 7.62. The lowest BCUT2D eigenvalue weighted by atomic mass is 10.1. The lowest BCUT2D eigenvalue weighted by Crippen LogP contribution is -2.35. The molecule has 2 aromatic rings. The number of rotatable bonds is 4. The van der Waals surface area contributed by atoms with Gasteiger partial charge in [-0.05, 0) is 30.2 Å². The normalized spacial score (nSPS) is 14.8. The number of hydrazone groups is 1. The number of nitrogens with one attached hydrogen (secondary N) is 1. The summed E-state index contributed by atoms with van der Waals surface area (Å²) in [5, 5.41) is 4.48. The van der Waals surface area contributed by atoms with Gasteiger partial charge in [0.1, 0.15) is 0 Å². The van der Waals surface area contributed by atoms with Gasteiger partial charge in [-0.3, -0.25) is 0 Å². The van der Waals surface area contributed by atoms with Crippen molar-refractivity contribution in [3.63, 3.8) is 0 Å². The van der Waals surface area contributed by atoms with Gasteiger partial charge in [0.2, 0.25) is 5.96 Å². The van der Waals surface area contributed by atoms with Crippen molar-refractivity contribution >= 4 is 27.6 Å². The fourth-order valence-corrected chi connectivity index (χ4v) is 2.70. The van der Waals surface area contributed by atoms with Crippen LogP contribution in [0.4, 0.5) is 0 Å². The van der Waals surface area contributed by atoms with Crippen LogP contribution in [0.1, 0.15) is 18.1 Å². The van der Waals surface area contributed by atoms with E-state index in [0.29, 0.717) is 0 Å². The van der Waals surface area contributed by atoms with Crippen LogP contribution >= 0.6 is 15.9 Å². The molecule has 1 aliphatic rings. The van der Waals surface area contributed by atoms with Gasteiger partial charge in [-0.15, -0.1) is 0 Å². The van der Waals surface area contributed by atoms with E-state index >= 15 is 0 Å². The lowest BCUT2D eigenvalue weighted by molar-refractivity contribution is 0.438. The van der Waals surface area contributed by atoms with Crippen LogP contribution in [0.2, 0.25) is 0 Å². The van der Waals surface area contributed by atoms with E-state index in [0.717, 1.165) is 41.3 Å². The van der Waals surface area contributed by atoms with Crippen LogP contribution in [-0.2, 0) is 6.54 Å². The van der Waals surface area contributed by atoms with Crippen LogP contribution in [-0.4, -0.2) is 29.7 Å². The molecule has 0 amide bonds. The van der Waals surface area contributed by atoms with Crippen LogP contribution in [0.25, 0.3) is 0 Å². The van der Waals surface area contributed by atoms with E-state index < -0.39 is 0 Å². The van der Waals surface area contributed by atoms with Crippen molar-refractivity contribution in [1.82, 2.24) is 10.3 Å². The topological polar surface area (TPSA) is 40.0 Å². The Hall–Kier alpha value is -2.14. The fraction of sp³-hybridized carbons (Fsp3) is 0.222. The molecule has 0 radical (unpaired) electrons. The quantitative estimate of drug-likeness (QED) is 0.659. The molecule has 0 saturated heterocycles. The molecule has 0 bridgehead atoms. The summed E-state index contributed by atoms with van der Waals surface area (Å²) in [6.07, 6.45) is 0. The number of halogens is 1. The van der Waals surface area contributed by atoms with Crippen LogP contribution in [0.5, 0.6) is 0 Å². The Morgan fingerprint density at radius 3 is 2.65 bits per heavy atom. The Balaban J connectivity index is 1.64.